The fourth-order valence-corrected chi connectivity index (χ4v) is 6.34. The maximum Gasteiger partial charge on any atom is 0.203 e. The number of benzene rings is 3. The number of fused-ring (bicyclic) bond motifs is 2. The molecule has 0 saturated heterocycles. The van der Waals surface area contributed by atoms with Crippen LogP contribution in [-0.2, 0) is 27.5 Å². The van der Waals surface area contributed by atoms with Crippen LogP contribution in [0.25, 0.3) is 5.57 Å². The van der Waals surface area contributed by atoms with Crippen molar-refractivity contribution in [3.63, 3.8) is 0 Å². The van der Waals surface area contributed by atoms with E-state index in [1.807, 2.05) is 54.6 Å². The van der Waals surface area contributed by atoms with Crippen LogP contribution in [0.4, 0.5) is 0 Å². The number of rotatable bonds is 3. The summed E-state index contributed by atoms with van der Waals surface area (Å²) in [6.07, 6.45) is 1.89. The van der Waals surface area contributed by atoms with Crippen LogP contribution in [0.1, 0.15) is 29.5 Å². The minimum absolute atomic E-state index is 0.00270. The number of ketones is 1. The average Bonchev–Trinajstić information content (AvgIpc) is 3.11. The third-order valence-electron chi connectivity index (χ3n) is 6.17. The highest BCUT2D eigenvalue weighted by molar-refractivity contribution is 7.95. The first-order valence-corrected chi connectivity index (χ1v) is 11.9. The van der Waals surface area contributed by atoms with Gasteiger partial charge in [0.2, 0.25) is 9.84 Å². The van der Waals surface area contributed by atoms with Gasteiger partial charge in [0, 0.05) is 18.4 Å². The molecule has 3 nitrogen and oxygen atoms in total. The van der Waals surface area contributed by atoms with Crippen molar-refractivity contribution < 1.29 is 13.2 Å². The van der Waals surface area contributed by atoms with Crippen molar-refractivity contribution in [2.75, 3.05) is 0 Å². The second-order valence-corrected chi connectivity index (χ2v) is 9.95. The van der Waals surface area contributed by atoms with E-state index in [1.54, 1.807) is 24.3 Å². The number of aryl methyl sites for hydroxylation is 1. The summed E-state index contributed by atoms with van der Waals surface area (Å²) in [4.78, 5) is 13.8. The van der Waals surface area contributed by atoms with Crippen LogP contribution >= 0.6 is 0 Å². The van der Waals surface area contributed by atoms with Gasteiger partial charge in [0.05, 0.1) is 9.80 Å². The summed E-state index contributed by atoms with van der Waals surface area (Å²) in [7, 11) is -3.73. The summed E-state index contributed by atoms with van der Waals surface area (Å²) >= 11 is 0. The van der Waals surface area contributed by atoms with Gasteiger partial charge in [-0.1, -0.05) is 72.8 Å². The van der Waals surface area contributed by atoms with Crippen LogP contribution in [0.15, 0.2) is 106 Å². The van der Waals surface area contributed by atoms with E-state index < -0.39 is 9.84 Å². The van der Waals surface area contributed by atoms with E-state index in [0.717, 1.165) is 28.7 Å². The second-order valence-electron chi connectivity index (χ2n) is 7.98. The predicted molar refractivity (Wildman–Crippen MR) is 122 cm³/mol. The first kappa shape index (κ1) is 19.7. The molecule has 0 saturated carbocycles. The van der Waals surface area contributed by atoms with E-state index in [4.69, 9.17) is 0 Å². The molecule has 0 radical (unpaired) electrons. The Bertz CT molecular complexity index is 1330. The van der Waals surface area contributed by atoms with Crippen molar-refractivity contribution in [1.29, 1.82) is 0 Å². The Kier molecular flexibility index (Phi) is 4.95. The molecular formula is C27H22O3S. The zero-order valence-electron chi connectivity index (χ0n) is 17.0. The molecule has 0 bridgehead atoms. The number of allylic oxidation sites excluding steroid dienone is 4. The van der Waals surface area contributed by atoms with Crippen molar-refractivity contribution >= 4 is 21.2 Å². The van der Waals surface area contributed by atoms with Crippen LogP contribution in [0, 0.1) is 0 Å². The maximum absolute atomic E-state index is 13.8. The monoisotopic (exact) mass is 426 g/mol. The van der Waals surface area contributed by atoms with Gasteiger partial charge in [0.25, 0.3) is 0 Å². The SMILES string of the molecule is O=C1C/C2=C(\S(=O)(=O)c3ccccc3)Cc3ccccc3CCC2=C1c1ccccc1. The minimum Gasteiger partial charge on any atom is -0.294 e. The van der Waals surface area contributed by atoms with Crippen LogP contribution < -0.4 is 0 Å². The molecule has 0 fully saturated rings. The molecule has 0 amide bonds. The molecule has 3 aromatic carbocycles. The highest BCUT2D eigenvalue weighted by Crippen LogP contribution is 2.43. The predicted octanol–water partition coefficient (Wildman–Crippen LogP) is 5.33. The Balaban J connectivity index is 1.78. The number of carbonyl (C=O) groups is 1. The standard InChI is InChI=1S/C27H22O3S/c28-25-18-24-23(27(25)20-10-3-1-4-11-20)16-15-19-9-7-8-12-21(19)17-26(24)31(29,30)22-13-5-2-6-14-22/h1-14H,15-18H2/b26-24+. The van der Waals surface area contributed by atoms with Gasteiger partial charge in [0.1, 0.15) is 0 Å². The Hall–Kier alpha value is -3.24. The molecule has 0 atom stereocenters. The van der Waals surface area contributed by atoms with Crippen molar-refractivity contribution in [3.8, 4) is 0 Å². The fraction of sp³-hybridized carbons (Fsp3) is 0.148. The van der Waals surface area contributed by atoms with Gasteiger partial charge in [-0.2, -0.15) is 0 Å². The van der Waals surface area contributed by atoms with Gasteiger partial charge < -0.3 is 0 Å². The lowest BCUT2D eigenvalue weighted by Gasteiger charge is -2.21. The van der Waals surface area contributed by atoms with Crippen LogP contribution in [0.2, 0.25) is 0 Å². The van der Waals surface area contributed by atoms with Gasteiger partial charge in [-0.15, -0.1) is 0 Å². The summed E-state index contributed by atoms with van der Waals surface area (Å²) < 4.78 is 27.5. The molecule has 31 heavy (non-hydrogen) atoms. The van der Waals surface area contributed by atoms with Gasteiger partial charge >= 0.3 is 0 Å². The summed E-state index contributed by atoms with van der Waals surface area (Å²) in [6.45, 7) is 0. The third-order valence-corrected chi connectivity index (χ3v) is 8.11. The first-order valence-electron chi connectivity index (χ1n) is 10.5. The summed E-state index contributed by atoms with van der Waals surface area (Å²) in [5, 5.41) is 0. The highest BCUT2D eigenvalue weighted by atomic mass is 32.2. The molecule has 4 heteroatoms. The number of carbonyl (C=O) groups excluding carboxylic acids is 1. The highest BCUT2D eigenvalue weighted by Gasteiger charge is 2.36. The molecule has 154 valence electrons. The van der Waals surface area contributed by atoms with Gasteiger partial charge in [-0.05, 0) is 52.8 Å². The lowest BCUT2D eigenvalue weighted by Crippen LogP contribution is -2.14. The molecule has 2 aliphatic carbocycles. The molecule has 0 N–H and O–H groups in total. The van der Waals surface area contributed by atoms with Crippen molar-refractivity contribution in [1.82, 2.24) is 0 Å². The summed E-state index contributed by atoms with van der Waals surface area (Å²) in [6, 6.07) is 26.2. The summed E-state index contributed by atoms with van der Waals surface area (Å²) in [5.74, 6) is 0.00270. The normalized spacial score (nSPS) is 18.9. The number of Topliss-reactive ketones (excluding diaryl/α,β-unsaturated/α-hetero) is 1. The van der Waals surface area contributed by atoms with Crippen molar-refractivity contribution in [3.05, 3.63) is 118 Å². The Labute approximate surface area is 182 Å². The summed E-state index contributed by atoms with van der Waals surface area (Å²) in [5.41, 5.74) is 5.28. The number of hydrogen-bond donors (Lipinski definition) is 0. The molecule has 0 unspecified atom stereocenters. The Morgan fingerprint density at radius 2 is 1.23 bits per heavy atom. The Morgan fingerprint density at radius 3 is 1.94 bits per heavy atom. The molecule has 2 aliphatic rings. The van der Waals surface area contributed by atoms with Crippen molar-refractivity contribution in [2.45, 2.75) is 30.6 Å². The zero-order chi connectivity index (χ0) is 21.4. The largest absolute Gasteiger partial charge is 0.294 e. The molecular weight excluding hydrogens is 404 g/mol. The maximum atomic E-state index is 13.8. The van der Waals surface area contributed by atoms with E-state index in [2.05, 4.69) is 6.07 Å². The third kappa shape index (κ3) is 3.47. The Morgan fingerprint density at radius 1 is 0.613 bits per heavy atom. The van der Waals surface area contributed by atoms with Crippen LogP contribution in [-0.4, -0.2) is 14.2 Å². The van der Waals surface area contributed by atoms with Gasteiger partial charge in [0.15, 0.2) is 5.78 Å². The van der Waals surface area contributed by atoms with E-state index >= 15 is 0 Å². The van der Waals surface area contributed by atoms with Crippen molar-refractivity contribution in [2.24, 2.45) is 0 Å². The van der Waals surface area contributed by atoms with Crippen LogP contribution in [0.3, 0.4) is 0 Å². The van der Waals surface area contributed by atoms with Crippen LogP contribution in [0.5, 0.6) is 0 Å². The van der Waals surface area contributed by atoms with E-state index in [-0.39, 0.29) is 17.1 Å². The quantitative estimate of drug-likeness (QED) is 0.569. The van der Waals surface area contributed by atoms with E-state index in [1.165, 1.54) is 0 Å². The van der Waals surface area contributed by atoms with Gasteiger partial charge in [-0.3, -0.25) is 4.79 Å². The number of sulfone groups is 1. The molecule has 0 spiro atoms. The fourth-order valence-electron chi connectivity index (χ4n) is 4.67. The lowest BCUT2D eigenvalue weighted by atomic mass is 9.89. The molecule has 3 aromatic rings. The zero-order valence-corrected chi connectivity index (χ0v) is 17.9. The molecule has 0 aliphatic heterocycles. The minimum atomic E-state index is -3.73. The van der Waals surface area contributed by atoms with E-state index in [0.29, 0.717) is 28.9 Å². The average molecular weight is 427 g/mol. The first-order chi connectivity index (χ1) is 15.1. The molecule has 0 aromatic heterocycles. The lowest BCUT2D eigenvalue weighted by molar-refractivity contribution is -0.112. The molecule has 5 rings (SSSR count). The topological polar surface area (TPSA) is 51.2 Å². The van der Waals surface area contributed by atoms with E-state index in [9.17, 15) is 13.2 Å². The molecule has 0 heterocycles. The van der Waals surface area contributed by atoms with Gasteiger partial charge in [-0.25, -0.2) is 8.42 Å². The number of hydrogen-bond acceptors (Lipinski definition) is 3. The second kappa shape index (κ2) is 7.78. The smallest absolute Gasteiger partial charge is 0.203 e.